The number of nitrogens with one attached hydrogen (secondary N) is 1. The van der Waals surface area contributed by atoms with Crippen LogP contribution in [0.4, 0.5) is 18.9 Å². The summed E-state index contributed by atoms with van der Waals surface area (Å²) in [7, 11) is 0. The highest BCUT2D eigenvalue weighted by atomic mass is 19.3. The monoisotopic (exact) mass is 353 g/mol. The number of ether oxygens (including phenoxy) is 3. The van der Waals surface area contributed by atoms with Crippen molar-refractivity contribution in [3.8, 4) is 17.2 Å². The van der Waals surface area contributed by atoms with E-state index in [1.165, 1.54) is 12.1 Å². The van der Waals surface area contributed by atoms with Gasteiger partial charge in [0.1, 0.15) is 11.6 Å². The van der Waals surface area contributed by atoms with Gasteiger partial charge in [0.2, 0.25) is 0 Å². The van der Waals surface area contributed by atoms with E-state index in [0.29, 0.717) is 24.7 Å². The third-order valence-electron chi connectivity index (χ3n) is 3.42. The number of hydrogen-bond donors (Lipinski definition) is 1. The molecular weight excluding hydrogens is 339 g/mol. The first-order chi connectivity index (χ1) is 12.0. The lowest BCUT2D eigenvalue weighted by atomic mass is 10.1. The number of fused-ring (bicyclic) bond motifs is 1. The van der Waals surface area contributed by atoms with E-state index in [4.69, 9.17) is 9.47 Å². The summed E-state index contributed by atoms with van der Waals surface area (Å²) in [6, 6.07) is 7.69. The van der Waals surface area contributed by atoms with E-state index in [9.17, 15) is 18.0 Å². The van der Waals surface area contributed by atoms with Crippen molar-refractivity contribution in [2.24, 2.45) is 0 Å². The maximum atomic E-state index is 13.9. The molecule has 5 nitrogen and oxygen atoms in total. The van der Waals surface area contributed by atoms with Crippen LogP contribution in [0.3, 0.4) is 0 Å². The molecule has 132 valence electrons. The van der Waals surface area contributed by atoms with Crippen LogP contribution < -0.4 is 19.5 Å². The second-order valence-electron chi connectivity index (χ2n) is 5.19. The highest BCUT2D eigenvalue weighted by Gasteiger charge is 2.16. The predicted molar refractivity (Wildman–Crippen MR) is 83.0 cm³/mol. The molecule has 0 atom stereocenters. The Kier molecular flexibility index (Phi) is 4.97. The standard InChI is InChI=1S/C17H14F3NO4/c18-12-9-11(25-17(19)20)3-4-13(12)21-16(22)10-2-5-14-15(8-10)24-7-1-6-23-14/h2-5,8-9,17H,1,6-7H2,(H,21,22). The van der Waals surface area contributed by atoms with Crippen molar-refractivity contribution in [2.45, 2.75) is 13.0 Å². The third-order valence-corrected chi connectivity index (χ3v) is 3.42. The lowest BCUT2D eigenvalue weighted by Crippen LogP contribution is -2.13. The predicted octanol–water partition coefficient (Wildman–Crippen LogP) is 3.84. The van der Waals surface area contributed by atoms with Gasteiger partial charge >= 0.3 is 6.61 Å². The smallest absolute Gasteiger partial charge is 0.387 e. The van der Waals surface area contributed by atoms with Crippen molar-refractivity contribution >= 4 is 11.6 Å². The van der Waals surface area contributed by atoms with Crippen LogP contribution in [0.2, 0.25) is 0 Å². The maximum absolute atomic E-state index is 13.9. The second kappa shape index (κ2) is 7.33. The minimum absolute atomic E-state index is 0.154. The maximum Gasteiger partial charge on any atom is 0.387 e. The van der Waals surface area contributed by atoms with Gasteiger partial charge in [0.25, 0.3) is 5.91 Å². The number of benzene rings is 2. The fourth-order valence-corrected chi connectivity index (χ4v) is 2.27. The molecule has 0 spiro atoms. The molecule has 0 radical (unpaired) electrons. The molecule has 0 saturated carbocycles. The Labute approximate surface area is 141 Å². The summed E-state index contributed by atoms with van der Waals surface area (Å²) in [5, 5.41) is 2.38. The molecule has 1 heterocycles. The highest BCUT2D eigenvalue weighted by molar-refractivity contribution is 6.04. The van der Waals surface area contributed by atoms with E-state index in [0.717, 1.165) is 24.6 Å². The fourth-order valence-electron chi connectivity index (χ4n) is 2.27. The fraction of sp³-hybridized carbons (Fsp3) is 0.235. The molecule has 0 saturated heterocycles. The van der Waals surface area contributed by atoms with E-state index in [2.05, 4.69) is 10.1 Å². The topological polar surface area (TPSA) is 56.8 Å². The van der Waals surface area contributed by atoms with Crippen molar-refractivity contribution in [1.29, 1.82) is 0 Å². The van der Waals surface area contributed by atoms with Gasteiger partial charge < -0.3 is 19.5 Å². The summed E-state index contributed by atoms with van der Waals surface area (Å²) in [5.41, 5.74) is 0.0929. The number of halogens is 3. The molecule has 1 N–H and O–H groups in total. The van der Waals surface area contributed by atoms with E-state index in [-0.39, 0.29) is 17.0 Å². The number of alkyl halides is 2. The summed E-state index contributed by atoms with van der Waals surface area (Å²) < 4.78 is 53.2. The van der Waals surface area contributed by atoms with E-state index < -0.39 is 18.3 Å². The van der Waals surface area contributed by atoms with Gasteiger partial charge in [-0.1, -0.05) is 0 Å². The highest BCUT2D eigenvalue weighted by Crippen LogP contribution is 2.31. The molecule has 0 aliphatic carbocycles. The van der Waals surface area contributed by atoms with Crippen LogP contribution in [0.5, 0.6) is 17.2 Å². The average molecular weight is 353 g/mol. The summed E-state index contributed by atoms with van der Waals surface area (Å²) in [6.45, 7) is -2.06. The molecule has 0 aromatic heterocycles. The molecule has 0 fully saturated rings. The van der Waals surface area contributed by atoms with Crippen LogP contribution in [0.25, 0.3) is 0 Å². The quantitative estimate of drug-likeness (QED) is 0.907. The molecule has 3 rings (SSSR count). The largest absolute Gasteiger partial charge is 0.490 e. The number of carbonyl (C=O) groups is 1. The van der Waals surface area contributed by atoms with Gasteiger partial charge in [-0.25, -0.2) is 4.39 Å². The lowest BCUT2D eigenvalue weighted by molar-refractivity contribution is -0.0499. The van der Waals surface area contributed by atoms with Crippen molar-refractivity contribution in [3.05, 3.63) is 47.8 Å². The van der Waals surface area contributed by atoms with E-state index >= 15 is 0 Å². The molecule has 1 aliphatic heterocycles. The zero-order valence-electron chi connectivity index (χ0n) is 12.9. The minimum Gasteiger partial charge on any atom is -0.490 e. The van der Waals surface area contributed by atoms with Crippen molar-refractivity contribution < 1.29 is 32.2 Å². The minimum atomic E-state index is -3.05. The Balaban J connectivity index is 1.75. The van der Waals surface area contributed by atoms with Gasteiger partial charge in [0.05, 0.1) is 18.9 Å². The normalized spacial score (nSPS) is 13.3. The van der Waals surface area contributed by atoms with Gasteiger partial charge in [-0.15, -0.1) is 0 Å². The number of carbonyl (C=O) groups excluding carboxylic acids is 1. The number of anilines is 1. The zero-order chi connectivity index (χ0) is 17.8. The Morgan fingerprint density at radius 3 is 2.56 bits per heavy atom. The Bertz CT molecular complexity index is 782. The lowest BCUT2D eigenvalue weighted by Gasteiger charge is -2.11. The summed E-state index contributed by atoms with van der Waals surface area (Å²) in [6.07, 6.45) is 0.731. The van der Waals surface area contributed by atoms with E-state index in [1.54, 1.807) is 6.07 Å². The Morgan fingerprint density at radius 1 is 1.08 bits per heavy atom. The SMILES string of the molecule is O=C(Nc1ccc(OC(F)F)cc1F)c1ccc2c(c1)OCCCO2. The van der Waals surface area contributed by atoms with Crippen LogP contribution in [-0.2, 0) is 0 Å². The summed E-state index contributed by atoms with van der Waals surface area (Å²) >= 11 is 0. The first kappa shape index (κ1) is 16.9. The van der Waals surface area contributed by atoms with Crippen LogP contribution in [0.1, 0.15) is 16.8 Å². The number of amides is 1. The number of hydrogen-bond acceptors (Lipinski definition) is 4. The van der Waals surface area contributed by atoms with Gasteiger partial charge in [0, 0.05) is 18.1 Å². The summed E-state index contributed by atoms with van der Waals surface area (Å²) in [4.78, 5) is 12.3. The van der Waals surface area contributed by atoms with Gasteiger partial charge in [-0.3, -0.25) is 4.79 Å². The van der Waals surface area contributed by atoms with Crippen LogP contribution in [-0.4, -0.2) is 25.7 Å². The molecule has 1 aliphatic rings. The first-order valence-electron chi connectivity index (χ1n) is 7.48. The van der Waals surface area contributed by atoms with Crippen LogP contribution in [0, 0.1) is 5.82 Å². The molecule has 1 amide bonds. The molecule has 2 aromatic carbocycles. The van der Waals surface area contributed by atoms with Crippen molar-refractivity contribution in [1.82, 2.24) is 0 Å². The van der Waals surface area contributed by atoms with Gasteiger partial charge in [0.15, 0.2) is 11.5 Å². The summed E-state index contributed by atoms with van der Waals surface area (Å²) in [5.74, 6) is -0.820. The van der Waals surface area contributed by atoms with E-state index in [1.807, 2.05) is 0 Å². The Hall–Kier alpha value is -2.90. The molecule has 0 bridgehead atoms. The van der Waals surface area contributed by atoms with Crippen LogP contribution >= 0.6 is 0 Å². The number of rotatable bonds is 4. The first-order valence-corrected chi connectivity index (χ1v) is 7.48. The third kappa shape index (κ3) is 4.14. The average Bonchev–Trinajstić information content (AvgIpc) is 2.81. The molecule has 8 heteroatoms. The molecule has 0 unspecified atom stereocenters. The Morgan fingerprint density at radius 2 is 1.84 bits per heavy atom. The molecular formula is C17H14F3NO4. The van der Waals surface area contributed by atoms with Gasteiger partial charge in [-0.05, 0) is 30.3 Å². The van der Waals surface area contributed by atoms with Crippen molar-refractivity contribution in [3.63, 3.8) is 0 Å². The van der Waals surface area contributed by atoms with Crippen molar-refractivity contribution in [2.75, 3.05) is 18.5 Å². The molecule has 25 heavy (non-hydrogen) atoms. The van der Waals surface area contributed by atoms with Gasteiger partial charge in [-0.2, -0.15) is 8.78 Å². The zero-order valence-corrected chi connectivity index (χ0v) is 12.9. The van der Waals surface area contributed by atoms with Crippen LogP contribution in [0.15, 0.2) is 36.4 Å². The second-order valence-corrected chi connectivity index (χ2v) is 5.19. The molecule has 2 aromatic rings.